The van der Waals surface area contributed by atoms with Crippen LogP contribution in [0.25, 0.3) is 0 Å². The van der Waals surface area contributed by atoms with Crippen LogP contribution in [0.4, 0.5) is 0 Å². The summed E-state index contributed by atoms with van der Waals surface area (Å²) in [5.41, 5.74) is 2.68. The molecule has 66 heavy (non-hydrogen) atoms. The Bertz CT molecular complexity index is 1400. The third kappa shape index (κ3) is 16.3. The number of rotatable bonds is 32. The van der Waals surface area contributed by atoms with Crippen molar-refractivity contribution in [2.24, 2.45) is 52.3 Å². The van der Waals surface area contributed by atoms with E-state index in [0.717, 1.165) is 79.9 Å². The van der Waals surface area contributed by atoms with Crippen LogP contribution in [0.3, 0.4) is 0 Å². The molecule has 1 aliphatic heterocycles. The third-order valence-corrected chi connectivity index (χ3v) is 19.0. The van der Waals surface area contributed by atoms with E-state index in [4.69, 9.17) is 18.9 Å². The van der Waals surface area contributed by atoms with Crippen molar-refractivity contribution in [3.63, 3.8) is 0 Å². The van der Waals surface area contributed by atoms with E-state index in [1.54, 1.807) is 5.57 Å². The van der Waals surface area contributed by atoms with Gasteiger partial charge in [-0.05, 0) is 174 Å². The maximum atomic E-state index is 6.59. The highest BCUT2D eigenvalue weighted by Crippen LogP contribution is 2.67. The fourth-order valence-electron chi connectivity index (χ4n) is 15.2. The van der Waals surface area contributed by atoms with Crippen LogP contribution >= 0.6 is 0 Å². The molecule has 5 fully saturated rings. The first-order valence-electron chi connectivity index (χ1n) is 29.3. The number of allylic oxidation sites excluding steroid dienone is 5. The minimum absolute atomic E-state index is 0.117. The second-order valence-corrected chi connectivity index (χ2v) is 24.0. The van der Waals surface area contributed by atoms with Crippen LogP contribution in [0.5, 0.6) is 0 Å². The highest BCUT2D eigenvalue weighted by Gasteiger charge is 2.59. The molecule has 0 bridgehead atoms. The van der Waals surface area contributed by atoms with Crippen LogP contribution in [0.15, 0.2) is 36.0 Å². The molecule has 11 atom stereocenters. The average Bonchev–Trinajstić information content (AvgIpc) is 3.68. The number of piperidine rings is 1. The van der Waals surface area contributed by atoms with Gasteiger partial charge in [-0.3, -0.25) is 4.90 Å². The largest absolute Gasteiger partial charge is 0.379 e. The molecule has 380 valence electrons. The predicted molar refractivity (Wildman–Crippen MR) is 280 cm³/mol. The maximum absolute atomic E-state index is 6.59. The molecule has 6 aliphatic rings. The predicted octanol–water partition coefficient (Wildman–Crippen LogP) is 16.3. The van der Waals surface area contributed by atoms with E-state index >= 15 is 0 Å². The van der Waals surface area contributed by atoms with Crippen molar-refractivity contribution in [2.45, 2.75) is 246 Å². The zero-order valence-electron chi connectivity index (χ0n) is 44.4. The molecule has 0 N–H and O–H groups in total. The van der Waals surface area contributed by atoms with Crippen molar-refractivity contribution in [1.82, 2.24) is 4.90 Å². The number of hydrogen-bond donors (Lipinski definition) is 0. The van der Waals surface area contributed by atoms with Crippen LogP contribution in [-0.2, 0) is 18.9 Å². The standard InChI is InChI=1S/C61H107NO4/c1-7-8-9-10-11-12-13-14-15-16-17-18-19-20-21-24-41-64-48-54(47-62-40-26-30-51-29-22-23-31-59(51)62)66-45-43-63-42-44-65-53-36-38-60(5)52(46-53)32-33-55-57-35-34-56(50(4)28-25-27-49(2)3)61(57,6)39-37-58(55)60/h11-12,14-15,32,49-51,53-59H,7-10,13,16-31,33-48H2,1-6H3/t50-,51?,53+,54?,55?,56-,57?,58?,59?,60+,61-/m1/s1. The number of fused-ring (bicyclic) bond motifs is 6. The minimum atomic E-state index is 0.117. The van der Waals surface area contributed by atoms with Crippen LogP contribution in [0.1, 0.15) is 228 Å². The summed E-state index contributed by atoms with van der Waals surface area (Å²) >= 11 is 0. The van der Waals surface area contributed by atoms with Crippen molar-refractivity contribution in [2.75, 3.05) is 52.7 Å². The molecule has 5 heteroatoms. The lowest BCUT2D eigenvalue weighted by Crippen LogP contribution is -2.51. The molecular formula is C61H107NO4. The van der Waals surface area contributed by atoms with Crippen LogP contribution in [0.2, 0.25) is 0 Å². The molecule has 0 radical (unpaired) electrons. The monoisotopic (exact) mass is 918 g/mol. The molecule has 1 saturated heterocycles. The number of ether oxygens (including phenoxy) is 4. The number of unbranched alkanes of at least 4 members (excludes halogenated alkanes) is 9. The molecule has 5 nitrogen and oxygen atoms in total. The van der Waals surface area contributed by atoms with E-state index in [0.29, 0.717) is 50.0 Å². The summed E-state index contributed by atoms with van der Waals surface area (Å²) < 4.78 is 25.7. The Labute approximate surface area is 409 Å². The zero-order valence-corrected chi connectivity index (χ0v) is 44.4. The van der Waals surface area contributed by atoms with E-state index in [1.807, 2.05) is 0 Å². The first-order chi connectivity index (χ1) is 32.2. The Kier molecular flexibility index (Phi) is 24.2. The van der Waals surface area contributed by atoms with Gasteiger partial charge in [0.25, 0.3) is 0 Å². The van der Waals surface area contributed by atoms with Gasteiger partial charge in [0.05, 0.1) is 45.2 Å². The fraction of sp³-hybridized carbons (Fsp3) is 0.902. The average molecular weight is 919 g/mol. The summed E-state index contributed by atoms with van der Waals surface area (Å²) in [6.45, 7) is 21.5. The van der Waals surface area contributed by atoms with Gasteiger partial charge in [-0.15, -0.1) is 0 Å². The molecule has 6 unspecified atom stereocenters. The van der Waals surface area contributed by atoms with E-state index in [1.165, 1.54) is 173 Å². The van der Waals surface area contributed by atoms with Gasteiger partial charge in [-0.2, -0.15) is 0 Å². The molecule has 0 aromatic rings. The zero-order chi connectivity index (χ0) is 46.5. The van der Waals surface area contributed by atoms with Gasteiger partial charge in [0.15, 0.2) is 0 Å². The molecule has 0 spiro atoms. The molecular weight excluding hydrogens is 811 g/mol. The second kappa shape index (κ2) is 29.4. The first kappa shape index (κ1) is 54.4. The van der Waals surface area contributed by atoms with Crippen molar-refractivity contribution < 1.29 is 18.9 Å². The lowest BCUT2D eigenvalue weighted by Gasteiger charge is -2.58. The van der Waals surface area contributed by atoms with Gasteiger partial charge in [0, 0.05) is 19.2 Å². The van der Waals surface area contributed by atoms with Crippen molar-refractivity contribution in [3.8, 4) is 0 Å². The van der Waals surface area contributed by atoms with E-state index < -0.39 is 0 Å². The molecule has 0 aromatic carbocycles. The second-order valence-electron chi connectivity index (χ2n) is 24.0. The summed E-state index contributed by atoms with van der Waals surface area (Å²) in [6.07, 6.45) is 51.4. The summed E-state index contributed by atoms with van der Waals surface area (Å²) in [6, 6.07) is 0.750. The summed E-state index contributed by atoms with van der Waals surface area (Å²) in [4.78, 5) is 2.78. The Morgan fingerprint density at radius 3 is 2.27 bits per heavy atom. The van der Waals surface area contributed by atoms with Crippen molar-refractivity contribution >= 4 is 0 Å². The van der Waals surface area contributed by atoms with E-state index in [2.05, 4.69) is 76.8 Å². The molecule has 0 aromatic heterocycles. The number of likely N-dealkylation sites (tertiary alicyclic amines) is 1. The number of hydrogen-bond acceptors (Lipinski definition) is 5. The van der Waals surface area contributed by atoms with Crippen LogP contribution in [-0.4, -0.2) is 75.9 Å². The lowest BCUT2D eigenvalue weighted by atomic mass is 9.47. The highest BCUT2D eigenvalue weighted by molar-refractivity contribution is 5.25. The normalized spacial score (nSPS) is 32.3. The fourth-order valence-corrected chi connectivity index (χ4v) is 15.2. The quantitative estimate of drug-likeness (QED) is 0.0497. The summed E-state index contributed by atoms with van der Waals surface area (Å²) in [7, 11) is 0. The van der Waals surface area contributed by atoms with Gasteiger partial charge in [0.2, 0.25) is 0 Å². The molecule has 6 rings (SSSR count). The summed E-state index contributed by atoms with van der Waals surface area (Å²) in [5, 5.41) is 0. The van der Waals surface area contributed by atoms with Gasteiger partial charge < -0.3 is 18.9 Å². The maximum Gasteiger partial charge on any atom is 0.0936 e. The van der Waals surface area contributed by atoms with E-state index in [-0.39, 0.29) is 6.10 Å². The van der Waals surface area contributed by atoms with E-state index in [9.17, 15) is 0 Å². The number of nitrogens with zero attached hydrogens (tertiary/aromatic N) is 1. The van der Waals surface area contributed by atoms with Crippen molar-refractivity contribution in [3.05, 3.63) is 36.0 Å². The Hall–Kier alpha value is -0.980. The molecule has 1 heterocycles. The third-order valence-electron chi connectivity index (χ3n) is 19.0. The molecule has 4 saturated carbocycles. The lowest BCUT2D eigenvalue weighted by molar-refractivity contribution is -0.0777. The SMILES string of the molecule is CCCCCC=CCC=CCCCCCCCCOCC(CN1CCCC2CCCCC21)OCCOCCO[C@H]1CC[C@@]2(C)C(=CCC3C2CC[C@@]2(C)C3CC[C@@H]2[C@H](C)CCCC(C)C)C1. The van der Waals surface area contributed by atoms with Crippen molar-refractivity contribution in [1.29, 1.82) is 0 Å². The minimum Gasteiger partial charge on any atom is -0.379 e. The molecule has 0 amide bonds. The summed E-state index contributed by atoms with van der Waals surface area (Å²) in [5.74, 6) is 6.25. The van der Waals surface area contributed by atoms with Crippen LogP contribution < -0.4 is 0 Å². The van der Waals surface area contributed by atoms with Gasteiger partial charge in [0.1, 0.15) is 0 Å². The molecule has 5 aliphatic carbocycles. The van der Waals surface area contributed by atoms with Gasteiger partial charge in [-0.1, -0.05) is 148 Å². The van der Waals surface area contributed by atoms with Gasteiger partial charge >= 0.3 is 0 Å². The van der Waals surface area contributed by atoms with Crippen LogP contribution in [0, 0.1) is 52.3 Å². The first-order valence-corrected chi connectivity index (χ1v) is 29.3. The van der Waals surface area contributed by atoms with Gasteiger partial charge in [-0.25, -0.2) is 0 Å². The highest BCUT2D eigenvalue weighted by atomic mass is 16.6. The topological polar surface area (TPSA) is 40.2 Å². The Morgan fingerprint density at radius 2 is 1.45 bits per heavy atom. The smallest absolute Gasteiger partial charge is 0.0936 e. The Balaban J connectivity index is 0.844. The Morgan fingerprint density at radius 1 is 0.697 bits per heavy atom.